The summed E-state index contributed by atoms with van der Waals surface area (Å²) in [6, 6.07) is 8.46. The van der Waals surface area contributed by atoms with Gasteiger partial charge in [-0.15, -0.1) is 11.6 Å². The van der Waals surface area contributed by atoms with Crippen LogP contribution in [-0.4, -0.2) is 17.8 Å². The molecule has 0 fully saturated rings. The molecule has 94 valence electrons. The first-order chi connectivity index (χ1) is 8.11. The van der Waals surface area contributed by atoms with Gasteiger partial charge in [0, 0.05) is 18.3 Å². The molecule has 0 radical (unpaired) electrons. The van der Waals surface area contributed by atoms with Gasteiger partial charge in [-0.1, -0.05) is 29.8 Å². The normalized spacial score (nSPS) is 12.2. The van der Waals surface area contributed by atoms with Crippen LogP contribution in [0.5, 0.6) is 0 Å². The minimum Gasteiger partial charge on any atom is -0.354 e. The fourth-order valence-electron chi connectivity index (χ4n) is 1.60. The Morgan fingerprint density at radius 1 is 1.35 bits per heavy atom. The summed E-state index contributed by atoms with van der Waals surface area (Å²) < 4.78 is 0. The minimum atomic E-state index is 0.100. The van der Waals surface area contributed by atoms with Gasteiger partial charge in [0.15, 0.2) is 0 Å². The Morgan fingerprint density at radius 2 is 2.00 bits per heavy atom. The van der Waals surface area contributed by atoms with Gasteiger partial charge in [-0.05, 0) is 32.3 Å². The van der Waals surface area contributed by atoms with E-state index in [0.717, 1.165) is 12.8 Å². The van der Waals surface area contributed by atoms with E-state index in [9.17, 15) is 4.79 Å². The molecule has 0 aliphatic rings. The van der Waals surface area contributed by atoms with Crippen molar-refractivity contribution in [3.05, 3.63) is 35.4 Å². The molecule has 0 aliphatic carbocycles. The highest BCUT2D eigenvalue weighted by molar-refractivity contribution is 6.17. The number of hydrogen-bond acceptors (Lipinski definition) is 1. The summed E-state index contributed by atoms with van der Waals surface area (Å²) in [6.45, 7) is 4.04. The third-order valence-electron chi connectivity index (χ3n) is 2.71. The van der Waals surface area contributed by atoms with Crippen LogP contribution in [-0.2, 0) is 11.2 Å². The van der Waals surface area contributed by atoms with E-state index in [-0.39, 0.29) is 11.9 Å². The highest BCUT2D eigenvalue weighted by Gasteiger charge is 2.06. The predicted molar refractivity (Wildman–Crippen MR) is 72.4 cm³/mol. The number of aryl methyl sites for hydroxylation is 2. The quantitative estimate of drug-likeness (QED) is 0.776. The lowest BCUT2D eigenvalue weighted by atomic mass is 10.1. The zero-order chi connectivity index (χ0) is 12.7. The standard InChI is InChI=1S/C14H20ClNO/c1-11-3-5-13(6-4-11)7-8-14(17)16-12(2)9-10-15/h3-6,12H,7-10H2,1-2H3,(H,16,17). The van der Waals surface area contributed by atoms with Crippen LogP contribution in [0.25, 0.3) is 0 Å². The summed E-state index contributed by atoms with van der Waals surface area (Å²) in [6.07, 6.45) is 2.15. The van der Waals surface area contributed by atoms with Gasteiger partial charge in [-0.3, -0.25) is 4.79 Å². The first-order valence-corrected chi connectivity index (χ1v) is 6.56. The van der Waals surface area contributed by atoms with Crippen molar-refractivity contribution in [3.63, 3.8) is 0 Å². The largest absolute Gasteiger partial charge is 0.354 e. The maximum Gasteiger partial charge on any atom is 0.220 e. The molecule has 1 rings (SSSR count). The molecular weight excluding hydrogens is 234 g/mol. The van der Waals surface area contributed by atoms with Crippen LogP contribution in [0, 0.1) is 6.92 Å². The fraction of sp³-hybridized carbons (Fsp3) is 0.500. The Hall–Kier alpha value is -1.02. The lowest BCUT2D eigenvalue weighted by molar-refractivity contribution is -0.121. The molecule has 3 heteroatoms. The van der Waals surface area contributed by atoms with Gasteiger partial charge < -0.3 is 5.32 Å². The van der Waals surface area contributed by atoms with Crippen molar-refractivity contribution in [2.24, 2.45) is 0 Å². The molecule has 0 saturated heterocycles. The first kappa shape index (κ1) is 14.0. The number of carbonyl (C=O) groups is 1. The molecule has 1 aromatic rings. The van der Waals surface area contributed by atoms with Crippen molar-refractivity contribution >= 4 is 17.5 Å². The predicted octanol–water partition coefficient (Wildman–Crippen LogP) is 3.06. The number of hydrogen-bond donors (Lipinski definition) is 1. The Balaban J connectivity index is 2.30. The van der Waals surface area contributed by atoms with Crippen LogP contribution in [0.15, 0.2) is 24.3 Å². The first-order valence-electron chi connectivity index (χ1n) is 6.02. The number of carbonyl (C=O) groups excluding carboxylic acids is 1. The van der Waals surface area contributed by atoms with Gasteiger partial charge in [0.1, 0.15) is 0 Å². The number of alkyl halides is 1. The number of halogens is 1. The fourth-order valence-corrected chi connectivity index (χ4v) is 1.92. The van der Waals surface area contributed by atoms with E-state index >= 15 is 0 Å². The van der Waals surface area contributed by atoms with Crippen molar-refractivity contribution in [1.29, 1.82) is 0 Å². The monoisotopic (exact) mass is 253 g/mol. The van der Waals surface area contributed by atoms with E-state index in [1.165, 1.54) is 11.1 Å². The van der Waals surface area contributed by atoms with E-state index in [4.69, 9.17) is 11.6 Å². The topological polar surface area (TPSA) is 29.1 Å². The smallest absolute Gasteiger partial charge is 0.220 e. The molecule has 1 aromatic carbocycles. The summed E-state index contributed by atoms with van der Waals surface area (Å²) >= 11 is 5.62. The van der Waals surface area contributed by atoms with Crippen LogP contribution in [0.2, 0.25) is 0 Å². The highest BCUT2D eigenvalue weighted by atomic mass is 35.5. The summed E-state index contributed by atoms with van der Waals surface area (Å²) in [4.78, 5) is 11.6. The van der Waals surface area contributed by atoms with Crippen LogP contribution in [0.3, 0.4) is 0 Å². The van der Waals surface area contributed by atoms with E-state index in [1.54, 1.807) is 0 Å². The molecule has 0 heterocycles. The second-order valence-corrected chi connectivity index (χ2v) is 4.81. The van der Waals surface area contributed by atoms with Crippen molar-refractivity contribution in [1.82, 2.24) is 5.32 Å². The summed E-state index contributed by atoms with van der Waals surface area (Å²) in [5, 5.41) is 2.94. The third-order valence-corrected chi connectivity index (χ3v) is 2.93. The number of rotatable bonds is 6. The summed E-state index contributed by atoms with van der Waals surface area (Å²) in [5.74, 6) is 0.683. The van der Waals surface area contributed by atoms with Gasteiger partial charge >= 0.3 is 0 Å². The van der Waals surface area contributed by atoms with Crippen LogP contribution < -0.4 is 5.32 Å². The van der Waals surface area contributed by atoms with Crippen LogP contribution in [0.4, 0.5) is 0 Å². The molecule has 0 aliphatic heterocycles. The Bertz CT molecular complexity index is 348. The summed E-state index contributed by atoms with van der Waals surface area (Å²) in [5.41, 5.74) is 2.45. The Morgan fingerprint density at radius 3 is 2.59 bits per heavy atom. The molecule has 1 N–H and O–H groups in total. The zero-order valence-corrected chi connectivity index (χ0v) is 11.3. The third kappa shape index (κ3) is 5.73. The maximum absolute atomic E-state index is 11.6. The van der Waals surface area contributed by atoms with Crippen LogP contribution in [0.1, 0.15) is 30.9 Å². The van der Waals surface area contributed by atoms with Gasteiger partial charge in [0.05, 0.1) is 0 Å². The second-order valence-electron chi connectivity index (χ2n) is 4.43. The number of nitrogens with one attached hydrogen (secondary N) is 1. The lowest BCUT2D eigenvalue weighted by Gasteiger charge is -2.12. The molecule has 0 aromatic heterocycles. The average molecular weight is 254 g/mol. The molecule has 2 nitrogen and oxygen atoms in total. The van der Waals surface area contributed by atoms with Crippen molar-refractivity contribution in [2.75, 3.05) is 5.88 Å². The van der Waals surface area contributed by atoms with Crippen molar-refractivity contribution in [2.45, 2.75) is 39.2 Å². The maximum atomic E-state index is 11.6. The Labute approximate surface area is 108 Å². The van der Waals surface area contributed by atoms with E-state index in [1.807, 2.05) is 6.92 Å². The number of amides is 1. The molecule has 1 unspecified atom stereocenters. The molecule has 0 bridgehead atoms. The van der Waals surface area contributed by atoms with E-state index in [2.05, 4.69) is 36.5 Å². The van der Waals surface area contributed by atoms with Crippen LogP contribution >= 0.6 is 11.6 Å². The molecule has 0 saturated carbocycles. The molecule has 1 atom stereocenters. The average Bonchev–Trinajstić information content (AvgIpc) is 2.28. The SMILES string of the molecule is Cc1ccc(CCC(=O)NC(C)CCCl)cc1. The van der Waals surface area contributed by atoms with Crippen molar-refractivity contribution < 1.29 is 4.79 Å². The van der Waals surface area contributed by atoms with Gasteiger partial charge in [-0.2, -0.15) is 0 Å². The van der Waals surface area contributed by atoms with Crippen molar-refractivity contribution in [3.8, 4) is 0 Å². The molecular formula is C14H20ClNO. The second kappa shape index (κ2) is 7.33. The van der Waals surface area contributed by atoms with Gasteiger partial charge in [0.25, 0.3) is 0 Å². The van der Waals surface area contributed by atoms with Gasteiger partial charge in [0.2, 0.25) is 5.91 Å². The molecule has 0 spiro atoms. The molecule has 1 amide bonds. The van der Waals surface area contributed by atoms with E-state index < -0.39 is 0 Å². The Kier molecular flexibility index (Phi) is 6.06. The van der Waals surface area contributed by atoms with E-state index in [0.29, 0.717) is 12.3 Å². The van der Waals surface area contributed by atoms with Gasteiger partial charge in [-0.25, -0.2) is 0 Å². The lowest BCUT2D eigenvalue weighted by Crippen LogP contribution is -2.32. The highest BCUT2D eigenvalue weighted by Crippen LogP contribution is 2.06. The zero-order valence-electron chi connectivity index (χ0n) is 10.5. The minimum absolute atomic E-state index is 0.100. The molecule has 17 heavy (non-hydrogen) atoms. The summed E-state index contributed by atoms with van der Waals surface area (Å²) in [7, 11) is 0. The number of benzene rings is 1.